The van der Waals surface area contributed by atoms with Gasteiger partial charge in [-0.2, -0.15) is 0 Å². The molecule has 3 heterocycles. The summed E-state index contributed by atoms with van der Waals surface area (Å²) in [7, 11) is 0. The van der Waals surface area contributed by atoms with Gasteiger partial charge in [-0.15, -0.1) is 11.3 Å². The molecule has 1 N–H and O–H groups in total. The van der Waals surface area contributed by atoms with Crippen LogP contribution in [0.3, 0.4) is 0 Å². The lowest BCUT2D eigenvalue weighted by Gasteiger charge is -2.08. The molecule has 0 aliphatic carbocycles. The minimum absolute atomic E-state index is 0.0389. The minimum atomic E-state index is -0.403. The second-order valence-electron chi connectivity index (χ2n) is 7.42. The van der Waals surface area contributed by atoms with E-state index < -0.39 is 5.82 Å². The highest BCUT2D eigenvalue weighted by atomic mass is 32.1. The number of amides is 1. The summed E-state index contributed by atoms with van der Waals surface area (Å²) in [5.41, 5.74) is 0.648. The van der Waals surface area contributed by atoms with Crippen LogP contribution in [-0.4, -0.2) is 28.6 Å². The molecular weight excluding hydrogens is 405 g/mol. The van der Waals surface area contributed by atoms with Crippen molar-refractivity contribution in [2.24, 2.45) is 0 Å². The quantitative estimate of drug-likeness (QED) is 0.605. The first-order valence-corrected chi connectivity index (χ1v) is 11.1. The molecule has 0 unspecified atom stereocenters. The van der Waals surface area contributed by atoms with E-state index in [1.54, 1.807) is 22.8 Å². The number of hydrogen-bond donors (Lipinski definition) is 1. The van der Waals surface area contributed by atoms with Crippen LogP contribution in [0.5, 0.6) is 5.75 Å². The number of ether oxygens (including phenoxy) is 1. The van der Waals surface area contributed by atoms with Crippen molar-refractivity contribution < 1.29 is 13.9 Å². The van der Waals surface area contributed by atoms with Gasteiger partial charge in [0.2, 0.25) is 0 Å². The number of nitrogens with zero attached hydrogens (tertiary/aromatic N) is 2. The van der Waals surface area contributed by atoms with E-state index in [0.717, 1.165) is 31.5 Å². The van der Waals surface area contributed by atoms with E-state index in [1.807, 2.05) is 6.92 Å². The van der Waals surface area contributed by atoms with Gasteiger partial charge in [0, 0.05) is 19.5 Å². The Morgan fingerprint density at radius 3 is 2.97 bits per heavy atom. The van der Waals surface area contributed by atoms with Crippen LogP contribution in [0.25, 0.3) is 10.2 Å². The summed E-state index contributed by atoms with van der Waals surface area (Å²) in [4.78, 5) is 31.5. The number of aryl methyl sites for hydroxylation is 2. The molecule has 0 saturated heterocycles. The minimum Gasteiger partial charge on any atom is -0.490 e. The third kappa shape index (κ3) is 4.09. The second kappa shape index (κ2) is 8.95. The summed E-state index contributed by atoms with van der Waals surface area (Å²) in [5.74, 6) is 0.402. The number of carbonyl (C=O) groups is 1. The molecular formula is C22H24FN3O3S. The van der Waals surface area contributed by atoms with Crippen molar-refractivity contribution in [3.05, 3.63) is 56.7 Å². The molecule has 0 bridgehead atoms. The first-order valence-electron chi connectivity index (χ1n) is 10.2. The van der Waals surface area contributed by atoms with E-state index in [2.05, 4.69) is 5.32 Å². The summed E-state index contributed by atoms with van der Waals surface area (Å²) in [5, 5.41) is 3.42. The van der Waals surface area contributed by atoms with E-state index >= 15 is 0 Å². The Balaban J connectivity index is 1.42. The van der Waals surface area contributed by atoms with Crippen molar-refractivity contribution in [3.8, 4) is 5.75 Å². The topological polar surface area (TPSA) is 73.2 Å². The maximum Gasteiger partial charge on any atom is 0.262 e. The molecule has 0 spiro atoms. The largest absolute Gasteiger partial charge is 0.490 e. The van der Waals surface area contributed by atoms with Crippen molar-refractivity contribution in [2.45, 2.75) is 45.6 Å². The molecule has 158 valence electrons. The highest BCUT2D eigenvalue weighted by molar-refractivity contribution is 7.20. The fourth-order valence-electron chi connectivity index (χ4n) is 3.72. The van der Waals surface area contributed by atoms with Gasteiger partial charge in [-0.05, 0) is 43.9 Å². The van der Waals surface area contributed by atoms with Crippen LogP contribution < -0.4 is 15.6 Å². The lowest BCUT2D eigenvalue weighted by molar-refractivity contribution is 0.0955. The number of aromatic nitrogens is 2. The molecule has 1 aliphatic rings. The summed E-state index contributed by atoms with van der Waals surface area (Å²) >= 11 is 1.27. The Labute approximate surface area is 177 Å². The molecule has 8 heteroatoms. The molecule has 0 radical (unpaired) electrons. The van der Waals surface area contributed by atoms with Crippen LogP contribution in [0.1, 0.15) is 46.7 Å². The zero-order valence-corrected chi connectivity index (χ0v) is 17.7. The van der Waals surface area contributed by atoms with E-state index in [-0.39, 0.29) is 17.2 Å². The van der Waals surface area contributed by atoms with Gasteiger partial charge in [-0.3, -0.25) is 14.2 Å². The summed E-state index contributed by atoms with van der Waals surface area (Å²) < 4.78 is 20.7. The van der Waals surface area contributed by atoms with Gasteiger partial charge in [0.05, 0.1) is 16.9 Å². The predicted molar refractivity (Wildman–Crippen MR) is 115 cm³/mol. The molecule has 30 heavy (non-hydrogen) atoms. The van der Waals surface area contributed by atoms with E-state index in [9.17, 15) is 14.0 Å². The normalized spacial score (nSPS) is 13.7. The molecule has 1 aliphatic heterocycles. The van der Waals surface area contributed by atoms with Crippen LogP contribution >= 0.6 is 11.3 Å². The number of para-hydroxylation sites is 1. The molecule has 4 rings (SSSR count). The van der Waals surface area contributed by atoms with Crippen molar-refractivity contribution in [1.82, 2.24) is 14.9 Å². The fraction of sp³-hybridized carbons (Fsp3) is 0.409. The maximum absolute atomic E-state index is 13.5. The molecule has 0 fully saturated rings. The summed E-state index contributed by atoms with van der Waals surface area (Å²) in [6.45, 7) is 3.18. The van der Waals surface area contributed by atoms with E-state index in [4.69, 9.17) is 9.72 Å². The molecule has 1 aromatic carbocycles. The number of thiophene rings is 1. The smallest absolute Gasteiger partial charge is 0.262 e. The number of nitrogens with one attached hydrogen (secondary N) is 1. The first-order chi connectivity index (χ1) is 14.6. The van der Waals surface area contributed by atoms with Crippen molar-refractivity contribution in [1.29, 1.82) is 0 Å². The third-order valence-corrected chi connectivity index (χ3v) is 6.50. The number of carbonyl (C=O) groups excluding carboxylic acids is 1. The van der Waals surface area contributed by atoms with Crippen LogP contribution in [0.15, 0.2) is 29.1 Å². The molecule has 0 atom stereocenters. The number of benzene rings is 1. The fourth-order valence-corrected chi connectivity index (χ4v) is 4.83. The first kappa shape index (κ1) is 20.5. The predicted octanol–water partition coefficient (Wildman–Crippen LogP) is 3.83. The lowest BCUT2D eigenvalue weighted by atomic mass is 10.2. The Hall–Kier alpha value is -2.74. The van der Waals surface area contributed by atoms with Gasteiger partial charge in [0.25, 0.3) is 11.5 Å². The maximum atomic E-state index is 13.5. The Morgan fingerprint density at radius 1 is 1.30 bits per heavy atom. The Bertz CT molecular complexity index is 1140. The molecule has 3 aromatic rings. The van der Waals surface area contributed by atoms with Gasteiger partial charge >= 0.3 is 0 Å². The Kier molecular flexibility index (Phi) is 6.13. The van der Waals surface area contributed by atoms with Gasteiger partial charge < -0.3 is 10.1 Å². The summed E-state index contributed by atoms with van der Waals surface area (Å²) in [6, 6.07) is 6.23. The lowest BCUT2D eigenvalue weighted by Crippen LogP contribution is -2.26. The SMILES string of the molecule is Cc1c(C(=O)NCCCOc2ccccc2F)sc2nc3n(c(=O)c12)CCCCC3. The van der Waals surface area contributed by atoms with Crippen LogP contribution in [-0.2, 0) is 13.0 Å². The number of hydrogen-bond acceptors (Lipinski definition) is 5. The van der Waals surface area contributed by atoms with Crippen LogP contribution in [0.2, 0.25) is 0 Å². The zero-order chi connectivity index (χ0) is 21.1. The molecule has 1 amide bonds. The van der Waals surface area contributed by atoms with Crippen molar-refractivity contribution in [2.75, 3.05) is 13.2 Å². The standard InChI is InChI=1S/C22H24FN3O3S/c1-14-18-21(25-17-10-3-2-6-12-26(17)22(18)28)30-19(14)20(27)24-11-7-13-29-16-9-5-4-8-15(16)23/h4-5,8-9H,2-3,6-7,10-13H2,1H3,(H,24,27). The second-order valence-corrected chi connectivity index (χ2v) is 8.42. The van der Waals surface area contributed by atoms with Crippen LogP contribution in [0, 0.1) is 12.7 Å². The van der Waals surface area contributed by atoms with Crippen molar-refractivity contribution in [3.63, 3.8) is 0 Å². The third-order valence-electron chi connectivity index (χ3n) is 5.32. The highest BCUT2D eigenvalue weighted by Gasteiger charge is 2.22. The molecule has 2 aromatic heterocycles. The summed E-state index contributed by atoms with van der Waals surface area (Å²) in [6.07, 6.45) is 4.45. The monoisotopic (exact) mass is 429 g/mol. The zero-order valence-electron chi connectivity index (χ0n) is 16.9. The van der Waals surface area contributed by atoms with E-state index in [0.29, 0.717) is 46.8 Å². The number of fused-ring (bicyclic) bond motifs is 2. The van der Waals surface area contributed by atoms with E-state index in [1.165, 1.54) is 17.4 Å². The average molecular weight is 430 g/mol. The van der Waals surface area contributed by atoms with Crippen molar-refractivity contribution >= 4 is 27.5 Å². The van der Waals surface area contributed by atoms with Gasteiger partial charge in [0.15, 0.2) is 11.6 Å². The van der Waals surface area contributed by atoms with Gasteiger partial charge in [-0.25, -0.2) is 9.37 Å². The molecule has 6 nitrogen and oxygen atoms in total. The Morgan fingerprint density at radius 2 is 2.13 bits per heavy atom. The average Bonchev–Trinajstić information content (AvgIpc) is 2.90. The number of halogens is 1. The van der Waals surface area contributed by atoms with Gasteiger partial charge in [0.1, 0.15) is 10.7 Å². The van der Waals surface area contributed by atoms with Gasteiger partial charge in [-0.1, -0.05) is 18.6 Å². The number of rotatable bonds is 6. The van der Waals surface area contributed by atoms with Crippen LogP contribution in [0.4, 0.5) is 4.39 Å². The highest BCUT2D eigenvalue weighted by Crippen LogP contribution is 2.28. The molecule has 0 saturated carbocycles.